The van der Waals surface area contributed by atoms with Crippen LogP contribution in [0.4, 0.5) is 0 Å². The molecule has 5 heteroatoms. The molecule has 1 N–H and O–H groups in total. The summed E-state index contributed by atoms with van der Waals surface area (Å²) in [6, 6.07) is 5.42. The van der Waals surface area contributed by atoms with E-state index in [1.807, 2.05) is 12.1 Å². The van der Waals surface area contributed by atoms with Gasteiger partial charge in [0.1, 0.15) is 11.3 Å². The van der Waals surface area contributed by atoms with E-state index < -0.39 is 5.97 Å². The molecular formula is C14H15NO4. The zero-order chi connectivity index (χ0) is 13.4. The van der Waals surface area contributed by atoms with Gasteiger partial charge in [-0.15, -0.1) is 0 Å². The maximum absolute atomic E-state index is 11.2. The largest absolute Gasteiger partial charge is 0.497 e. The first-order valence-electron chi connectivity index (χ1n) is 6.36. The van der Waals surface area contributed by atoms with Crippen molar-refractivity contribution >= 4 is 17.1 Å². The Kier molecular flexibility index (Phi) is 2.89. The average molecular weight is 261 g/mol. The number of carboxylic acid groups (broad SMARTS) is 1. The van der Waals surface area contributed by atoms with Gasteiger partial charge in [-0.2, -0.15) is 0 Å². The molecule has 0 saturated heterocycles. The van der Waals surface area contributed by atoms with Crippen LogP contribution in [0.5, 0.6) is 5.75 Å². The number of hydrogen-bond acceptors (Lipinski definition) is 4. The lowest BCUT2D eigenvalue weighted by Crippen LogP contribution is -2.16. The summed E-state index contributed by atoms with van der Waals surface area (Å²) < 4.78 is 10.9. The summed E-state index contributed by atoms with van der Waals surface area (Å²) in [6.07, 6.45) is 2.42. The van der Waals surface area contributed by atoms with Crippen LogP contribution < -0.4 is 4.74 Å². The second-order valence-electron chi connectivity index (χ2n) is 4.87. The highest BCUT2D eigenvalue weighted by Gasteiger charge is 2.37. The van der Waals surface area contributed by atoms with Crippen molar-refractivity contribution in [2.75, 3.05) is 7.11 Å². The van der Waals surface area contributed by atoms with E-state index in [9.17, 15) is 9.90 Å². The third-order valence-corrected chi connectivity index (χ3v) is 3.76. The number of nitrogens with zero attached hydrogens (tertiary/aromatic N) is 1. The molecule has 1 aromatic heterocycles. The first-order valence-corrected chi connectivity index (χ1v) is 6.36. The van der Waals surface area contributed by atoms with Crippen LogP contribution in [0, 0.1) is 5.92 Å². The normalized spacial score (nSPS) is 22.8. The van der Waals surface area contributed by atoms with Gasteiger partial charge in [-0.05, 0) is 25.0 Å². The minimum absolute atomic E-state index is 0.115. The Labute approximate surface area is 110 Å². The van der Waals surface area contributed by atoms with Crippen molar-refractivity contribution in [2.45, 2.75) is 25.2 Å². The Hall–Kier alpha value is -2.04. The standard InChI is InChI=1S/C14H15NO4/c1-18-8-5-6-11-12(7-8)19-13(15-11)9-3-2-4-10(9)14(16)17/h5-7,9-10H,2-4H2,1H3,(H,16,17). The highest BCUT2D eigenvalue weighted by atomic mass is 16.5. The molecule has 5 nitrogen and oxygen atoms in total. The summed E-state index contributed by atoms with van der Waals surface area (Å²) in [7, 11) is 1.59. The van der Waals surface area contributed by atoms with E-state index in [-0.39, 0.29) is 11.8 Å². The number of fused-ring (bicyclic) bond motifs is 1. The number of hydrogen-bond donors (Lipinski definition) is 1. The molecular weight excluding hydrogens is 246 g/mol. The smallest absolute Gasteiger partial charge is 0.307 e. The molecule has 1 aliphatic carbocycles. The predicted molar refractivity (Wildman–Crippen MR) is 68.3 cm³/mol. The maximum Gasteiger partial charge on any atom is 0.307 e. The van der Waals surface area contributed by atoms with Crippen LogP contribution in [-0.4, -0.2) is 23.2 Å². The third-order valence-electron chi connectivity index (χ3n) is 3.76. The number of oxazole rings is 1. The van der Waals surface area contributed by atoms with Gasteiger partial charge in [0.05, 0.1) is 13.0 Å². The second kappa shape index (κ2) is 4.57. The van der Waals surface area contributed by atoms with E-state index in [4.69, 9.17) is 9.15 Å². The van der Waals surface area contributed by atoms with Crippen LogP contribution in [0.2, 0.25) is 0 Å². The molecule has 19 heavy (non-hydrogen) atoms. The Morgan fingerprint density at radius 1 is 1.47 bits per heavy atom. The first kappa shape index (κ1) is 12.0. The van der Waals surface area contributed by atoms with Crippen LogP contribution >= 0.6 is 0 Å². The Balaban J connectivity index is 1.98. The number of benzene rings is 1. The molecule has 2 unspecified atom stereocenters. The number of aromatic nitrogens is 1. The van der Waals surface area contributed by atoms with Gasteiger partial charge >= 0.3 is 5.97 Å². The highest BCUT2D eigenvalue weighted by Crippen LogP contribution is 2.40. The van der Waals surface area contributed by atoms with Gasteiger partial charge < -0.3 is 14.3 Å². The second-order valence-corrected chi connectivity index (χ2v) is 4.87. The summed E-state index contributed by atoms with van der Waals surface area (Å²) in [5.74, 6) is -0.0160. The van der Waals surface area contributed by atoms with Crippen molar-refractivity contribution in [1.29, 1.82) is 0 Å². The van der Waals surface area contributed by atoms with Gasteiger partial charge in [-0.25, -0.2) is 4.98 Å². The van der Waals surface area contributed by atoms with E-state index >= 15 is 0 Å². The molecule has 100 valence electrons. The molecule has 1 fully saturated rings. The zero-order valence-corrected chi connectivity index (χ0v) is 10.6. The Morgan fingerprint density at radius 2 is 2.32 bits per heavy atom. The van der Waals surface area contributed by atoms with Crippen LogP contribution in [-0.2, 0) is 4.79 Å². The zero-order valence-electron chi connectivity index (χ0n) is 10.6. The molecule has 0 aliphatic heterocycles. The molecule has 2 aromatic rings. The molecule has 1 aliphatic rings. The van der Waals surface area contributed by atoms with Crippen molar-refractivity contribution in [1.82, 2.24) is 4.98 Å². The van der Waals surface area contributed by atoms with Gasteiger partial charge in [0.25, 0.3) is 0 Å². The predicted octanol–water partition coefficient (Wildman–Crippen LogP) is 2.80. The van der Waals surface area contributed by atoms with Gasteiger partial charge in [0.15, 0.2) is 11.5 Å². The summed E-state index contributed by atoms with van der Waals surface area (Å²) in [5, 5.41) is 9.21. The average Bonchev–Trinajstić information content (AvgIpc) is 3.03. The lowest BCUT2D eigenvalue weighted by atomic mass is 9.96. The van der Waals surface area contributed by atoms with E-state index in [0.29, 0.717) is 23.6 Å². The van der Waals surface area contributed by atoms with Crippen molar-refractivity contribution in [3.63, 3.8) is 0 Å². The van der Waals surface area contributed by atoms with E-state index in [0.717, 1.165) is 18.4 Å². The van der Waals surface area contributed by atoms with Crippen LogP contribution in [0.15, 0.2) is 22.6 Å². The summed E-state index contributed by atoms with van der Waals surface area (Å²) in [4.78, 5) is 15.6. The monoisotopic (exact) mass is 261 g/mol. The molecule has 0 bridgehead atoms. The van der Waals surface area contributed by atoms with Gasteiger partial charge in [0, 0.05) is 12.0 Å². The topological polar surface area (TPSA) is 72.6 Å². The van der Waals surface area contributed by atoms with Crippen LogP contribution in [0.25, 0.3) is 11.1 Å². The highest BCUT2D eigenvalue weighted by molar-refractivity contribution is 5.75. The molecule has 1 saturated carbocycles. The molecule has 1 heterocycles. The van der Waals surface area contributed by atoms with Crippen molar-refractivity contribution in [3.05, 3.63) is 24.1 Å². The summed E-state index contributed by atoms with van der Waals surface area (Å²) in [5.41, 5.74) is 1.39. The van der Waals surface area contributed by atoms with Crippen LogP contribution in [0.3, 0.4) is 0 Å². The van der Waals surface area contributed by atoms with Gasteiger partial charge in [-0.1, -0.05) is 6.42 Å². The molecule has 0 radical (unpaired) electrons. The summed E-state index contributed by atoms with van der Waals surface area (Å²) >= 11 is 0. The molecule has 0 spiro atoms. The number of carbonyl (C=O) groups is 1. The van der Waals surface area contributed by atoms with Gasteiger partial charge in [-0.3, -0.25) is 4.79 Å². The fourth-order valence-corrected chi connectivity index (χ4v) is 2.76. The molecule has 1 aromatic carbocycles. The van der Waals surface area contributed by atoms with Crippen LogP contribution in [0.1, 0.15) is 31.1 Å². The lowest BCUT2D eigenvalue weighted by molar-refractivity contribution is -0.142. The molecule has 0 amide bonds. The number of rotatable bonds is 3. The fourth-order valence-electron chi connectivity index (χ4n) is 2.76. The minimum atomic E-state index is -0.762. The SMILES string of the molecule is COc1ccc2nc(C3CCCC3C(=O)O)oc2c1. The quantitative estimate of drug-likeness (QED) is 0.919. The van der Waals surface area contributed by atoms with Crippen molar-refractivity contribution in [3.8, 4) is 5.75 Å². The Morgan fingerprint density at radius 3 is 3.05 bits per heavy atom. The molecule has 2 atom stereocenters. The van der Waals surface area contributed by atoms with Gasteiger partial charge in [0.2, 0.25) is 0 Å². The maximum atomic E-state index is 11.2. The fraction of sp³-hybridized carbons (Fsp3) is 0.429. The minimum Gasteiger partial charge on any atom is -0.497 e. The number of ether oxygens (including phenoxy) is 1. The Bertz CT molecular complexity index is 619. The van der Waals surface area contributed by atoms with E-state index in [2.05, 4.69) is 4.98 Å². The van der Waals surface area contributed by atoms with E-state index in [1.54, 1.807) is 13.2 Å². The molecule has 3 rings (SSSR count). The van der Waals surface area contributed by atoms with Crippen molar-refractivity contribution in [2.24, 2.45) is 5.92 Å². The van der Waals surface area contributed by atoms with E-state index in [1.165, 1.54) is 0 Å². The number of methoxy groups -OCH3 is 1. The first-order chi connectivity index (χ1) is 9.19. The summed E-state index contributed by atoms with van der Waals surface area (Å²) in [6.45, 7) is 0. The number of aliphatic carboxylic acids is 1. The lowest BCUT2D eigenvalue weighted by Gasteiger charge is -2.10. The van der Waals surface area contributed by atoms with Crippen molar-refractivity contribution < 1.29 is 19.1 Å². The third kappa shape index (κ3) is 2.05. The number of carboxylic acids is 1.